The highest BCUT2D eigenvalue weighted by atomic mass is 19.3. The van der Waals surface area contributed by atoms with E-state index in [4.69, 9.17) is 0 Å². The Morgan fingerprint density at radius 2 is 2.35 bits per heavy atom. The van der Waals surface area contributed by atoms with Gasteiger partial charge in [0, 0.05) is 0 Å². The molecule has 0 bridgehead atoms. The van der Waals surface area contributed by atoms with Gasteiger partial charge in [-0.05, 0) is 18.8 Å². The molecule has 94 valence electrons. The smallest absolute Gasteiger partial charge is 0.262 e. The number of rotatable bonds is 4. The van der Waals surface area contributed by atoms with Gasteiger partial charge in [0.1, 0.15) is 6.20 Å². The van der Waals surface area contributed by atoms with Crippen LogP contribution in [0.2, 0.25) is 0 Å². The largest absolute Gasteiger partial charge is 0.316 e. The summed E-state index contributed by atoms with van der Waals surface area (Å²) in [5.74, 6) is 0.389. The van der Waals surface area contributed by atoms with Crippen LogP contribution in [0.1, 0.15) is 44.3 Å². The first-order chi connectivity index (χ1) is 8.04. The number of halogens is 2. The number of nitrogens with zero attached hydrogens (tertiary/aromatic N) is 3. The molecular formula is C10H13F2N3O2. The molecule has 17 heavy (non-hydrogen) atoms. The Kier molecular flexibility index (Phi) is 3.08. The van der Waals surface area contributed by atoms with Gasteiger partial charge in [0.15, 0.2) is 0 Å². The number of hydrogen-bond acceptors (Lipinski definition) is 3. The predicted molar refractivity (Wildman–Crippen MR) is 55.9 cm³/mol. The van der Waals surface area contributed by atoms with Gasteiger partial charge in [-0.2, -0.15) is 5.10 Å². The topological polar surface area (TPSA) is 61.0 Å². The molecule has 1 heterocycles. The summed E-state index contributed by atoms with van der Waals surface area (Å²) in [5.41, 5.74) is -1.31. The van der Waals surface area contributed by atoms with Gasteiger partial charge in [0.25, 0.3) is 6.43 Å². The van der Waals surface area contributed by atoms with Crippen molar-refractivity contribution in [1.29, 1.82) is 0 Å². The maximum atomic E-state index is 12.6. The monoisotopic (exact) mass is 245 g/mol. The van der Waals surface area contributed by atoms with E-state index in [9.17, 15) is 18.9 Å². The third-order valence-electron chi connectivity index (χ3n) is 3.39. The number of aromatic nitrogens is 2. The van der Waals surface area contributed by atoms with Crippen molar-refractivity contribution in [2.75, 3.05) is 0 Å². The molecule has 1 aromatic rings. The summed E-state index contributed by atoms with van der Waals surface area (Å²) >= 11 is 0. The van der Waals surface area contributed by atoms with E-state index in [1.165, 1.54) is 4.68 Å². The lowest BCUT2D eigenvalue weighted by Gasteiger charge is -2.35. The van der Waals surface area contributed by atoms with Crippen molar-refractivity contribution in [3.63, 3.8) is 0 Å². The molecule has 1 fully saturated rings. The van der Waals surface area contributed by atoms with E-state index in [1.54, 1.807) is 0 Å². The van der Waals surface area contributed by atoms with Crippen LogP contribution in [0.3, 0.4) is 0 Å². The van der Waals surface area contributed by atoms with Crippen LogP contribution in [-0.4, -0.2) is 14.7 Å². The van der Waals surface area contributed by atoms with Crippen molar-refractivity contribution in [3.8, 4) is 0 Å². The maximum Gasteiger partial charge on any atom is 0.316 e. The molecular weight excluding hydrogens is 232 g/mol. The fraction of sp³-hybridized carbons (Fsp3) is 0.700. The van der Waals surface area contributed by atoms with Gasteiger partial charge in [-0.15, -0.1) is 0 Å². The molecule has 0 N–H and O–H groups in total. The van der Waals surface area contributed by atoms with E-state index in [0.717, 1.165) is 25.5 Å². The average Bonchev–Trinajstić information content (AvgIpc) is 2.61. The first-order valence-electron chi connectivity index (χ1n) is 5.56. The molecule has 1 aliphatic rings. The number of alkyl halides is 2. The second kappa shape index (κ2) is 4.38. The van der Waals surface area contributed by atoms with E-state index in [0.29, 0.717) is 5.92 Å². The molecule has 0 saturated heterocycles. The van der Waals surface area contributed by atoms with Gasteiger partial charge in [-0.3, -0.25) is 14.8 Å². The minimum atomic E-state index is -2.91. The van der Waals surface area contributed by atoms with Crippen molar-refractivity contribution in [1.82, 2.24) is 9.78 Å². The Hall–Kier alpha value is -1.53. The summed E-state index contributed by atoms with van der Waals surface area (Å²) in [4.78, 5) is 9.84. The lowest BCUT2D eigenvalue weighted by Crippen LogP contribution is -2.28. The Balaban J connectivity index is 2.30. The third kappa shape index (κ3) is 2.01. The van der Waals surface area contributed by atoms with E-state index >= 15 is 0 Å². The summed E-state index contributed by atoms with van der Waals surface area (Å²) in [6.07, 6.45) is 1.03. The van der Waals surface area contributed by atoms with Crippen molar-refractivity contribution < 1.29 is 13.7 Å². The zero-order valence-corrected chi connectivity index (χ0v) is 9.34. The summed E-state index contributed by atoms with van der Waals surface area (Å²) < 4.78 is 26.5. The summed E-state index contributed by atoms with van der Waals surface area (Å²) in [6.45, 7) is 2.02. The predicted octanol–water partition coefficient (Wildman–Crippen LogP) is 3.09. The molecule has 0 aromatic carbocycles. The summed E-state index contributed by atoms with van der Waals surface area (Å²) in [5, 5.41) is 14.3. The van der Waals surface area contributed by atoms with Crippen LogP contribution in [0.25, 0.3) is 0 Å². The van der Waals surface area contributed by atoms with Gasteiger partial charge >= 0.3 is 5.69 Å². The van der Waals surface area contributed by atoms with E-state index in [1.807, 2.05) is 6.92 Å². The highest BCUT2D eigenvalue weighted by Gasteiger charge is 2.35. The van der Waals surface area contributed by atoms with Crippen LogP contribution >= 0.6 is 0 Å². The highest BCUT2D eigenvalue weighted by Crippen LogP contribution is 2.41. The quantitative estimate of drug-likeness (QED) is 0.604. The zero-order chi connectivity index (χ0) is 12.6. The molecule has 0 amide bonds. The van der Waals surface area contributed by atoms with Crippen molar-refractivity contribution in [2.24, 2.45) is 5.92 Å². The molecule has 1 aromatic heterocycles. The van der Waals surface area contributed by atoms with Gasteiger partial charge in [-0.1, -0.05) is 13.3 Å². The van der Waals surface area contributed by atoms with Gasteiger partial charge in [-0.25, -0.2) is 8.78 Å². The van der Waals surface area contributed by atoms with Crippen LogP contribution in [0.4, 0.5) is 14.5 Å². The minimum absolute atomic E-state index is 0.0335. The van der Waals surface area contributed by atoms with E-state index < -0.39 is 22.7 Å². The minimum Gasteiger partial charge on any atom is -0.262 e. The van der Waals surface area contributed by atoms with Crippen molar-refractivity contribution in [2.45, 2.75) is 38.7 Å². The normalized spacial score (nSPS) is 23.8. The molecule has 0 radical (unpaired) electrons. The first-order valence-corrected chi connectivity index (χ1v) is 5.56. The zero-order valence-electron chi connectivity index (χ0n) is 9.34. The summed E-state index contributed by atoms with van der Waals surface area (Å²) in [6, 6.07) is 0.0335. The lowest BCUT2D eigenvalue weighted by atomic mass is 9.78. The van der Waals surface area contributed by atoms with Crippen molar-refractivity contribution in [3.05, 3.63) is 22.0 Å². The maximum absolute atomic E-state index is 12.6. The van der Waals surface area contributed by atoms with Gasteiger partial charge in [0.2, 0.25) is 5.69 Å². The molecule has 2 atom stereocenters. The standard InChI is InChI=1S/C10H13F2N3O2/c1-2-6-3-4-7(6)14-5-8(15(16)17)9(13-14)10(11)12/h5-7,10H,2-4H2,1H3/t6?,7-/m1/s1. The molecule has 1 saturated carbocycles. The Morgan fingerprint density at radius 1 is 1.65 bits per heavy atom. The molecule has 2 rings (SSSR count). The Bertz CT molecular complexity index is 431. The average molecular weight is 245 g/mol. The molecule has 7 heteroatoms. The van der Waals surface area contributed by atoms with Crippen LogP contribution in [0, 0.1) is 16.0 Å². The van der Waals surface area contributed by atoms with Crippen LogP contribution in [0.15, 0.2) is 6.20 Å². The molecule has 1 aliphatic carbocycles. The fourth-order valence-electron chi connectivity index (χ4n) is 2.24. The molecule has 0 aliphatic heterocycles. The Labute approximate surface area is 96.6 Å². The fourth-order valence-corrected chi connectivity index (χ4v) is 2.24. The SMILES string of the molecule is CCC1CC[C@H]1n1cc([N+](=O)[O-])c(C(F)F)n1. The highest BCUT2D eigenvalue weighted by molar-refractivity contribution is 5.33. The van der Waals surface area contributed by atoms with E-state index in [2.05, 4.69) is 5.10 Å². The van der Waals surface area contributed by atoms with E-state index in [-0.39, 0.29) is 6.04 Å². The molecule has 5 nitrogen and oxygen atoms in total. The summed E-state index contributed by atoms with van der Waals surface area (Å²) in [7, 11) is 0. The third-order valence-corrected chi connectivity index (χ3v) is 3.39. The second-order valence-electron chi connectivity index (χ2n) is 4.25. The number of hydrogen-bond donors (Lipinski definition) is 0. The molecule has 1 unspecified atom stereocenters. The number of nitro groups is 1. The lowest BCUT2D eigenvalue weighted by molar-refractivity contribution is -0.386. The van der Waals surface area contributed by atoms with Gasteiger partial charge < -0.3 is 0 Å². The van der Waals surface area contributed by atoms with Crippen LogP contribution in [-0.2, 0) is 0 Å². The first kappa shape index (κ1) is 11.9. The Morgan fingerprint density at radius 3 is 2.71 bits per heavy atom. The van der Waals surface area contributed by atoms with Crippen molar-refractivity contribution >= 4 is 5.69 Å². The second-order valence-corrected chi connectivity index (χ2v) is 4.25. The van der Waals surface area contributed by atoms with Gasteiger partial charge in [0.05, 0.1) is 11.0 Å². The van der Waals surface area contributed by atoms with Crippen LogP contribution in [0.5, 0.6) is 0 Å². The molecule has 0 spiro atoms. The van der Waals surface area contributed by atoms with Crippen LogP contribution < -0.4 is 0 Å².